The predicted octanol–water partition coefficient (Wildman–Crippen LogP) is 1.04. The van der Waals surface area contributed by atoms with Crippen molar-refractivity contribution < 1.29 is 9.53 Å². The standard InChI is InChI=1S/C16H27N5O2/c1-11(13-3-5-17-6-4-13)9-15(22)21-7-8-23-14(10-21)16-18-12(2)19-20-16/h11,13-14,17H,3-10H2,1-2H3,(H,18,19,20). The Hall–Kier alpha value is -1.47. The summed E-state index contributed by atoms with van der Waals surface area (Å²) >= 11 is 0. The normalized spacial score (nSPS) is 24.6. The molecular formula is C16H27N5O2. The van der Waals surface area contributed by atoms with Gasteiger partial charge in [0.1, 0.15) is 11.9 Å². The van der Waals surface area contributed by atoms with E-state index in [-0.39, 0.29) is 12.0 Å². The van der Waals surface area contributed by atoms with Crippen LogP contribution in [0.2, 0.25) is 0 Å². The Morgan fingerprint density at radius 2 is 2.22 bits per heavy atom. The SMILES string of the molecule is Cc1nc(C2CN(C(=O)CC(C)C3CCNCC3)CCO2)n[nH]1. The molecule has 2 aliphatic rings. The summed E-state index contributed by atoms with van der Waals surface area (Å²) in [5, 5.41) is 10.4. The molecule has 2 unspecified atom stereocenters. The van der Waals surface area contributed by atoms with Crippen molar-refractivity contribution in [2.24, 2.45) is 11.8 Å². The maximum atomic E-state index is 12.6. The second kappa shape index (κ2) is 7.40. The average molecular weight is 321 g/mol. The fourth-order valence-electron chi connectivity index (χ4n) is 3.52. The highest BCUT2D eigenvalue weighted by molar-refractivity contribution is 5.76. The minimum Gasteiger partial charge on any atom is -0.366 e. The van der Waals surface area contributed by atoms with Gasteiger partial charge >= 0.3 is 0 Å². The topological polar surface area (TPSA) is 83.1 Å². The molecule has 0 bridgehead atoms. The molecule has 1 amide bonds. The lowest BCUT2D eigenvalue weighted by atomic mass is 9.84. The van der Waals surface area contributed by atoms with Gasteiger partial charge in [-0.15, -0.1) is 0 Å². The van der Waals surface area contributed by atoms with E-state index in [0.717, 1.165) is 18.9 Å². The number of rotatable bonds is 4. The smallest absolute Gasteiger partial charge is 0.223 e. The molecule has 23 heavy (non-hydrogen) atoms. The first-order valence-electron chi connectivity index (χ1n) is 8.62. The summed E-state index contributed by atoms with van der Waals surface area (Å²) < 4.78 is 5.73. The number of hydrogen-bond donors (Lipinski definition) is 2. The zero-order valence-electron chi connectivity index (χ0n) is 14.0. The molecule has 2 fully saturated rings. The van der Waals surface area contributed by atoms with Crippen molar-refractivity contribution in [2.75, 3.05) is 32.8 Å². The van der Waals surface area contributed by atoms with Crippen LogP contribution in [0.3, 0.4) is 0 Å². The van der Waals surface area contributed by atoms with Crippen LogP contribution in [-0.2, 0) is 9.53 Å². The number of piperidine rings is 1. The Bertz CT molecular complexity index is 526. The number of nitrogens with one attached hydrogen (secondary N) is 2. The Morgan fingerprint density at radius 1 is 1.43 bits per heavy atom. The molecule has 128 valence electrons. The number of aryl methyl sites for hydroxylation is 1. The molecule has 2 saturated heterocycles. The summed E-state index contributed by atoms with van der Waals surface area (Å²) in [7, 11) is 0. The summed E-state index contributed by atoms with van der Waals surface area (Å²) in [6, 6.07) is 0. The van der Waals surface area contributed by atoms with Crippen LogP contribution in [0.4, 0.5) is 0 Å². The molecular weight excluding hydrogens is 294 g/mol. The number of ether oxygens (including phenoxy) is 1. The van der Waals surface area contributed by atoms with Gasteiger partial charge in [-0.3, -0.25) is 9.89 Å². The van der Waals surface area contributed by atoms with Gasteiger partial charge in [0, 0.05) is 13.0 Å². The fraction of sp³-hybridized carbons (Fsp3) is 0.812. The first-order chi connectivity index (χ1) is 11.1. The van der Waals surface area contributed by atoms with Gasteiger partial charge in [-0.1, -0.05) is 6.92 Å². The van der Waals surface area contributed by atoms with Crippen LogP contribution in [0.5, 0.6) is 0 Å². The third-order valence-corrected chi connectivity index (χ3v) is 5.01. The van der Waals surface area contributed by atoms with E-state index in [1.807, 2.05) is 11.8 Å². The molecule has 3 rings (SSSR count). The van der Waals surface area contributed by atoms with Gasteiger partial charge in [-0.2, -0.15) is 5.10 Å². The molecule has 2 atom stereocenters. The highest BCUT2D eigenvalue weighted by Gasteiger charge is 2.30. The number of carbonyl (C=O) groups excluding carboxylic acids is 1. The minimum atomic E-state index is -0.216. The van der Waals surface area contributed by atoms with E-state index < -0.39 is 0 Å². The molecule has 0 radical (unpaired) electrons. The second-order valence-corrected chi connectivity index (χ2v) is 6.75. The molecule has 0 saturated carbocycles. The van der Waals surface area contributed by atoms with Gasteiger partial charge in [0.25, 0.3) is 0 Å². The van der Waals surface area contributed by atoms with Crippen molar-refractivity contribution in [2.45, 2.75) is 39.2 Å². The summed E-state index contributed by atoms with van der Waals surface area (Å²) in [4.78, 5) is 18.9. The Balaban J connectivity index is 1.54. The fourth-order valence-corrected chi connectivity index (χ4v) is 3.52. The number of carbonyl (C=O) groups is 1. The van der Waals surface area contributed by atoms with Gasteiger partial charge in [0.2, 0.25) is 5.91 Å². The number of hydrogen-bond acceptors (Lipinski definition) is 5. The monoisotopic (exact) mass is 321 g/mol. The maximum Gasteiger partial charge on any atom is 0.223 e. The van der Waals surface area contributed by atoms with Crippen molar-refractivity contribution in [3.05, 3.63) is 11.6 Å². The second-order valence-electron chi connectivity index (χ2n) is 6.75. The van der Waals surface area contributed by atoms with Crippen LogP contribution in [0, 0.1) is 18.8 Å². The summed E-state index contributed by atoms with van der Waals surface area (Å²) in [6.07, 6.45) is 2.77. The summed E-state index contributed by atoms with van der Waals surface area (Å²) in [5.74, 6) is 2.75. The third-order valence-electron chi connectivity index (χ3n) is 5.01. The lowest BCUT2D eigenvalue weighted by molar-refractivity contribution is -0.140. The van der Waals surface area contributed by atoms with Gasteiger partial charge in [-0.25, -0.2) is 4.98 Å². The van der Waals surface area contributed by atoms with Crippen LogP contribution in [0.1, 0.15) is 43.9 Å². The zero-order chi connectivity index (χ0) is 16.2. The van der Waals surface area contributed by atoms with Crippen LogP contribution < -0.4 is 5.32 Å². The Labute approximate surface area is 137 Å². The quantitative estimate of drug-likeness (QED) is 0.866. The first-order valence-corrected chi connectivity index (χ1v) is 8.62. The van der Waals surface area contributed by atoms with E-state index in [4.69, 9.17) is 4.74 Å². The van der Waals surface area contributed by atoms with Gasteiger partial charge in [0.05, 0.1) is 13.2 Å². The van der Waals surface area contributed by atoms with E-state index in [1.165, 1.54) is 12.8 Å². The Morgan fingerprint density at radius 3 is 2.91 bits per heavy atom. The van der Waals surface area contributed by atoms with Crippen molar-refractivity contribution in [1.82, 2.24) is 25.4 Å². The van der Waals surface area contributed by atoms with Crippen molar-refractivity contribution >= 4 is 5.91 Å². The maximum absolute atomic E-state index is 12.6. The molecule has 0 spiro atoms. The van der Waals surface area contributed by atoms with Crippen LogP contribution >= 0.6 is 0 Å². The van der Waals surface area contributed by atoms with E-state index in [9.17, 15) is 4.79 Å². The summed E-state index contributed by atoms with van der Waals surface area (Å²) in [5.41, 5.74) is 0. The lowest BCUT2D eigenvalue weighted by Crippen LogP contribution is -2.43. The molecule has 2 aliphatic heterocycles. The molecule has 0 aliphatic carbocycles. The number of morpholine rings is 1. The number of H-pyrrole nitrogens is 1. The molecule has 1 aromatic heterocycles. The molecule has 7 nitrogen and oxygen atoms in total. The van der Waals surface area contributed by atoms with Crippen molar-refractivity contribution in [3.63, 3.8) is 0 Å². The first kappa shape index (κ1) is 16.4. The number of amides is 1. The Kier molecular flexibility index (Phi) is 5.27. The van der Waals surface area contributed by atoms with E-state index in [0.29, 0.717) is 43.8 Å². The van der Waals surface area contributed by atoms with Crippen molar-refractivity contribution in [3.8, 4) is 0 Å². The van der Waals surface area contributed by atoms with Crippen molar-refractivity contribution in [1.29, 1.82) is 0 Å². The van der Waals surface area contributed by atoms with Crippen LogP contribution in [-0.4, -0.2) is 58.8 Å². The number of aromatic nitrogens is 3. The molecule has 3 heterocycles. The van der Waals surface area contributed by atoms with Gasteiger partial charge < -0.3 is 15.0 Å². The molecule has 0 aromatic carbocycles. The average Bonchev–Trinajstić information content (AvgIpc) is 3.02. The molecule has 7 heteroatoms. The van der Waals surface area contributed by atoms with E-state index in [2.05, 4.69) is 27.4 Å². The van der Waals surface area contributed by atoms with Gasteiger partial charge in [-0.05, 0) is 44.7 Å². The molecule has 2 N–H and O–H groups in total. The highest BCUT2D eigenvalue weighted by Crippen LogP contribution is 2.26. The predicted molar refractivity (Wildman–Crippen MR) is 85.8 cm³/mol. The zero-order valence-corrected chi connectivity index (χ0v) is 14.0. The number of aromatic amines is 1. The van der Waals surface area contributed by atoms with Gasteiger partial charge in [0.15, 0.2) is 5.82 Å². The van der Waals surface area contributed by atoms with E-state index in [1.54, 1.807) is 0 Å². The number of nitrogens with zero attached hydrogens (tertiary/aromatic N) is 3. The van der Waals surface area contributed by atoms with Crippen LogP contribution in [0.25, 0.3) is 0 Å². The van der Waals surface area contributed by atoms with Crippen LogP contribution in [0.15, 0.2) is 0 Å². The summed E-state index contributed by atoms with van der Waals surface area (Å²) in [6.45, 7) is 7.99. The lowest BCUT2D eigenvalue weighted by Gasteiger charge is -2.34. The minimum absolute atomic E-state index is 0.216. The highest BCUT2D eigenvalue weighted by atomic mass is 16.5. The van der Waals surface area contributed by atoms with E-state index >= 15 is 0 Å². The largest absolute Gasteiger partial charge is 0.366 e. The molecule has 1 aromatic rings. The third kappa shape index (κ3) is 4.09.